The maximum absolute atomic E-state index is 9.07. The van der Waals surface area contributed by atoms with Crippen molar-refractivity contribution in [2.45, 2.75) is 26.1 Å². The molecular weight excluding hydrogens is 262 g/mol. The first kappa shape index (κ1) is 15.2. The third-order valence-electron chi connectivity index (χ3n) is 3.26. The van der Waals surface area contributed by atoms with Crippen LogP contribution in [0.4, 0.5) is 0 Å². The third-order valence-corrected chi connectivity index (χ3v) is 3.26. The number of aromatic nitrogens is 1. The minimum atomic E-state index is 0.0619. The lowest BCUT2D eigenvalue weighted by atomic mass is 10.1. The second-order valence-electron chi connectivity index (χ2n) is 4.91. The molecule has 1 heterocycles. The van der Waals surface area contributed by atoms with Gasteiger partial charge in [-0.2, -0.15) is 5.26 Å². The third kappa shape index (κ3) is 4.99. The summed E-state index contributed by atoms with van der Waals surface area (Å²) in [6.45, 7) is 2.27. The van der Waals surface area contributed by atoms with E-state index in [-0.39, 0.29) is 6.61 Å². The van der Waals surface area contributed by atoms with Crippen LogP contribution < -0.4 is 0 Å². The summed E-state index contributed by atoms with van der Waals surface area (Å²) in [6.07, 6.45) is 2.29. The van der Waals surface area contributed by atoms with Crippen molar-refractivity contribution < 1.29 is 5.11 Å². The first-order valence-corrected chi connectivity index (χ1v) is 6.99. The number of aliphatic hydroxyl groups excluding tert-OH is 1. The second kappa shape index (κ2) is 8.15. The van der Waals surface area contributed by atoms with E-state index >= 15 is 0 Å². The van der Waals surface area contributed by atoms with Gasteiger partial charge in [0.25, 0.3) is 0 Å². The summed E-state index contributed by atoms with van der Waals surface area (Å²) in [5, 5.41) is 17.9. The van der Waals surface area contributed by atoms with E-state index < -0.39 is 0 Å². The number of benzene rings is 1. The van der Waals surface area contributed by atoms with E-state index in [0.717, 1.165) is 30.9 Å². The van der Waals surface area contributed by atoms with Crippen molar-refractivity contribution in [3.63, 3.8) is 0 Å². The molecule has 0 aliphatic rings. The summed E-state index contributed by atoms with van der Waals surface area (Å²) in [6, 6.07) is 16.0. The van der Waals surface area contributed by atoms with Crippen LogP contribution in [0.3, 0.4) is 0 Å². The van der Waals surface area contributed by atoms with Gasteiger partial charge < -0.3 is 5.11 Å². The Bertz CT molecular complexity index is 575. The molecule has 0 amide bonds. The van der Waals surface area contributed by atoms with Gasteiger partial charge in [0.1, 0.15) is 0 Å². The number of hydrogen-bond acceptors (Lipinski definition) is 4. The highest BCUT2D eigenvalue weighted by Crippen LogP contribution is 2.11. The molecule has 0 bridgehead atoms. The second-order valence-corrected chi connectivity index (χ2v) is 4.91. The fourth-order valence-corrected chi connectivity index (χ4v) is 2.15. The molecule has 1 N–H and O–H groups in total. The van der Waals surface area contributed by atoms with Crippen LogP contribution >= 0.6 is 0 Å². The van der Waals surface area contributed by atoms with Gasteiger partial charge in [0.15, 0.2) is 0 Å². The standard InChI is InChI=1S/C17H19N3O/c18-9-3-11-20(13-17-4-1-2-10-19-17)12-15-5-7-16(14-21)8-6-15/h1-2,4-8,10,21H,3,11-14H2. The quantitative estimate of drug-likeness (QED) is 0.847. The molecule has 0 saturated heterocycles. The van der Waals surface area contributed by atoms with E-state index in [0.29, 0.717) is 6.42 Å². The van der Waals surface area contributed by atoms with Gasteiger partial charge in [-0.25, -0.2) is 0 Å². The fraction of sp³-hybridized carbons (Fsp3) is 0.294. The Kier molecular flexibility index (Phi) is 5.89. The Labute approximate surface area is 125 Å². The lowest BCUT2D eigenvalue weighted by Gasteiger charge is -2.21. The van der Waals surface area contributed by atoms with Crippen LogP contribution in [0.5, 0.6) is 0 Å². The number of nitrogens with zero attached hydrogens (tertiary/aromatic N) is 3. The minimum Gasteiger partial charge on any atom is -0.392 e. The zero-order valence-corrected chi connectivity index (χ0v) is 11.9. The molecule has 21 heavy (non-hydrogen) atoms. The number of pyridine rings is 1. The molecule has 1 aromatic heterocycles. The summed E-state index contributed by atoms with van der Waals surface area (Å²) in [5.74, 6) is 0. The molecule has 4 nitrogen and oxygen atoms in total. The highest BCUT2D eigenvalue weighted by Gasteiger charge is 2.07. The molecular formula is C17H19N3O. The predicted octanol–water partition coefficient (Wildman–Crippen LogP) is 2.49. The van der Waals surface area contributed by atoms with Crippen LogP contribution in [0.25, 0.3) is 0 Å². The van der Waals surface area contributed by atoms with E-state index in [4.69, 9.17) is 10.4 Å². The summed E-state index contributed by atoms with van der Waals surface area (Å²) < 4.78 is 0. The normalized spacial score (nSPS) is 10.5. The molecule has 2 aromatic rings. The Hall–Kier alpha value is -2.22. The maximum Gasteiger partial charge on any atom is 0.0681 e. The van der Waals surface area contributed by atoms with E-state index in [1.807, 2.05) is 42.5 Å². The number of aliphatic hydroxyl groups is 1. The number of hydrogen-bond donors (Lipinski definition) is 1. The van der Waals surface area contributed by atoms with Crippen molar-refractivity contribution in [1.29, 1.82) is 5.26 Å². The zero-order chi connectivity index (χ0) is 14.9. The molecule has 0 unspecified atom stereocenters. The molecule has 2 rings (SSSR count). The van der Waals surface area contributed by atoms with Gasteiger partial charge in [-0.3, -0.25) is 9.88 Å². The van der Waals surface area contributed by atoms with Crippen molar-refractivity contribution in [2.24, 2.45) is 0 Å². The maximum atomic E-state index is 9.07. The topological polar surface area (TPSA) is 60.2 Å². The Morgan fingerprint density at radius 1 is 1.05 bits per heavy atom. The number of nitriles is 1. The first-order valence-electron chi connectivity index (χ1n) is 6.99. The van der Waals surface area contributed by atoms with Crippen LogP contribution in [0.1, 0.15) is 23.2 Å². The first-order chi connectivity index (χ1) is 10.3. The molecule has 0 fully saturated rings. The molecule has 0 saturated carbocycles. The summed E-state index contributed by atoms with van der Waals surface area (Å²) in [5.41, 5.74) is 3.08. The lowest BCUT2D eigenvalue weighted by Crippen LogP contribution is -2.24. The summed E-state index contributed by atoms with van der Waals surface area (Å²) in [4.78, 5) is 6.55. The SMILES string of the molecule is N#CCCN(Cc1ccc(CO)cc1)Cc1ccccn1. The van der Waals surface area contributed by atoms with Gasteiger partial charge in [0.05, 0.1) is 18.4 Å². The molecule has 0 aliphatic heterocycles. The van der Waals surface area contributed by atoms with Gasteiger partial charge in [-0.05, 0) is 23.3 Å². The van der Waals surface area contributed by atoms with Crippen LogP contribution in [-0.2, 0) is 19.7 Å². The molecule has 108 valence electrons. The molecule has 0 spiro atoms. The van der Waals surface area contributed by atoms with Gasteiger partial charge in [-0.1, -0.05) is 30.3 Å². The van der Waals surface area contributed by atoms with Crippen molar-refractivity contribution in [3.05, 3.63) is 65.5 Å². The van der Waals surface area contributed by atoms with Gasteiger partial charge in [0, 0.05) is 32.3 Å². The lowest BCUT2D eigenvalue weighted by molar-refractivity contribution is 0.259. The van der Waals surface area contributed by atoms with Crippen LogP contribution in [-0.4, -0.2) is 21.5 Å². The minimum absolute atomic E-state index is 0.0619. The largest absolute Gasteiger partial charge is 0.392 e. The van der Waals surface area contributed by atoms with Crippen LogP contribution in [0, 0.1) is 11.3 Å². The molecule has 0 radical (unpaired) electrons. The fourth-order valence-electron chi connectivity index (χ4n) is 2.15. The van der Waals surface area contributed by atoms with Crippen molar-refractivity contribution in [1.82, 2.24) is 9.88 Å². The predicted molar refractivity (Wildman–Crippen MR) is 80.9 cm³/mol. The summed E-state index contributed by atoms with van der Waals surface area (Å²) >= 11 is 0. The average molecular weight is 281 g/mol. The van der Waals surface area contributed by atoms with Crippen molar-refractivity contribution >= 4 is 0 Å². The van der Waals surface area contributed by atoms with Crippen LogP contribution in [0.2, 0.25) is 0 Å². The van der Waals surface area contributed by atoms with Gasteiger partial charge >= 0.3 is 0 Å². The van der Waals surface area contributed by atoms with Gasteiger partial charge in [0.2, 0.25) is 0 Å². The highest BCUT2D eigenvalue weighted by atomic mass is 16.3. The van der Waals surface area contributed by atoms with Crippen molar-refractivity contribution in [2.75, 3.05) is 6.54 Å². The Balaban J connectivity index is 2.03. The highest BCUT2D eigenvalue weighted by molar-refractivity contribution is 5.22. The monoisotopic (exact) mass is 281 g/mol. The number of rotatable bonds is 7. The Morgan fingerprint density at radius 2 is 1.81 bits per heavy atom. The Morgan fingerprint density at radius 3 is 2.43 bits per heavy atom. The average Bonchev–Trinajstić information content (AvgIpc) is 2.54. The zero-order valence-electron chi connectivity index (χ0n) is 11.9. The molecule has 0 atom stereocenters. The van der Waals surface area contributed by atoms with E-state index in [9.17, 15) is 0 Å². The van der Waals surface area contributed by atoms with Crippen molar-refractivity contribution in [3.8, 4) is 6.07 Å². The molecule has 1 aromatic carbocycles. The van der Waals surface area contributed by atoms with Crippen LogP contribution in [0.15, 0.2) is 48.7 Å². The smallest absolute Gasteiger partial charge is 0.0681 e. The summed E-state index contributed by atoms with van der Waals surface area (Å²) in [7, 11) is 0. The molecule has 0 aliphatic carbocycles. The van der Waals surface area contributed by atoms with E-state index in [2.05, 4.69) is 16.0 Å². The van der Waals surface area contributed by atoms with E-state index in [1.54, 1.807) is 6.20 Å². The molecule has 4 heteroatoms. The van der Waals surface area contributed by atoms with E-state index in [1.165, 1.54) is 5.56 Å². The van der Waals surface area contributed by atoms with Gasteiger partial charge in [-0.15, -0.1) is 0 Å².